The van der Waals surface area contributed by atoms with Crippen molar-refractivity contribution in [3.05, 3.63) is 18.5 Å². The molecule has 0 bridgehead atoms. The van der Waals surface area contributed by atoms with Gasteiger partial charge >= 0.3 is 6.09 Å². The summed E-state index contributed by atoms with van der Waals surface area (Å²) in [5, 5.41) is 18.9. The van der Waals surface area contributed by atoms with Gasteiger partial charge in [0, 0.05) is 40.6 Å². The van der Waals surface area contributed by atoms with Crippen LogP contribution in [-0.2, 0) is 0 Å². The van der Waals surface area contributed by atoms with Crippen LogP contribution >= 0.6 is 0 Å². The Labute approximate surface area is 94.4 Å². The second-order valence-electron chi connectivity index (χ2n) is 3.35. The monoisotopic (exact) mass is 227 g/mol. The molecule has 7 nitrogen and oxygen atoms in total. The van der Waals surface area contributed by atoms with Gasteiger partial charge in [-0.1, -0.05) is 0 Å². The highest BCUT2D eigenvalue weighted by molar-refractivity contribution is 5.75. The molecular weight excluding hydrogens is 210 g/mol. The minimum Gasteiger partial charge on any atom is -0.463 e. The van der Waals surface area contributed by atoms with Crippen molar-refractivity contribution in [2.75, 3.05) is 28.2 Å². The van der Waals surface area contributed by atoms with E-state index >= 15 is 0 Å². The van der Waals surface area contributed by atoms with Crippen LogP contribution in [0.25, 0.3) is 0 Å². The largest absolute Gasteiger partial charge is 0.463 e. The van der Waals surface area contributed by atoms with E-state index in [4.69, 9.17) is 10.5 Å². The summed E-state index contributed by atoms with van der Waals surface area (Å²) in [6.45, 7) is 0. The predicted molar refractivity (Wildman–Crippen MR) is 60.8 cm³/mol. The Bertz CT molecular complexity index is 322. The van der Waals surface area contributed by atoms with Gasteiger partial charge in [0.05, 0.1) is 0 Å². The first-order chi connectivity index (χ1) is 7.36. The zero-order valence-corrected chi connectivity index (χ0v) is 9.88. The van der Waals surface area contributed by atoms with Crippen LogP contribution in [0.5, 0.6) is 0 Å². The van der Waals surface area contributed by atoms with Gasteiger partial charge in [0.15, 0.2) is 5.96 Å². The van der Waals surface area contributed by atoms with E-state index in [0.29, 0.717) is 5.96 Å². The lowest BCUT2D eigenvalue weighted by Gasteiger charge is -2.19. The van der Waals surface area contributed by atoms with Gasteiger partial charge in [-0.15, -0.1) is 0 Å². The third kappa shape index (κ3) is 4.99. The van der Waals surface area contributed by atoms with Crippen molar-refractivity contribution in [3.8, 4) is 0 Å². The van der Waals surface area contributed by atoms with Gasteiger partial charge in [0.1, 0.15) is 0 Å². The number of hydrogen-bond donors (Lipinski definition) is 2. The molecule has 2 N–H and O–H groups in total. The number of rotatable bonds is 0. The van der Waals surface area contributed by atoms with E-state index in [0.717, 1.165) is 4.68 Å². The van der Waals surface area contributed by atoms with Crippen LogP contribution < -0.4 is 0 Å². The molecule has 0 aromatic carbocycles. The Hall–Kier alpha value is -2.05. The highest BCUT2D eigenvalue weighted by Gasteiger charge is 1.97. The van der Waals surface area contributed by atoms with Gasteiger partial charge in [-0.2, -0.15) is 9.78 Å². The molecule has 0 amide bonds. The summed E-state index contributed by atoms with van der Waals surface area (Å²) in [5.74, 6) is 0.519. The van der Waals surface area contributed by atoms with Crippen molar-refractivity contribution >= 4 is 12.1 Å². The third-order valence-corrected chi connectivity index (χ3v) is 1.55. The number of guanidine groups is 1. The maximum atomic E-state index is 9.96. The molecule has 0 atom stereocenters. The van der Waals surface area contributed by atoms with E-state index in [1.165, 1.54) is 12.4 Å². The van der Waals surface area contributed by atoms with Crippen LogP contribution in [0.1, 0.15) is 0 Å². The molecule has 0 unspecified atom stereocenters. The fourth-order valence-electron chi connectivity index (χ4n) is 0.782. The molecule has 16 heavy (non-hydrogen) atoms. The Balaban J connectivity index is 0.000000281. The predicted octanol–water partition coefficient (Wildman–Crippen LogP) is 0.454. The van der Waals surface area contributed by atoms with Crippen LogP contribution in [0, 0.1) is 5.41 Å². The number of carbonyl (C=O) groups is 1. The standard InChI is InChI=1S/C5H13N3.C4H4N2O2/c1-7(2)5(6)8(3)4;7-4(8)6-3-1-2-5-6/h6H,1-4H3;1-3H,(H,7,8). The summed E-state index contributed by atoms with van der Waals surface area (Å²) in [7, 11) is 7.40. The van der Waals surface area contributed by atoms with Crippen LogP contribution in [0.4, 0.5) is 4.79 Å². The first-order valence-corrected chi connectivity index (χ1v) is 4.52. The lowest BCUT2D eigenvalue weighted by Crippen LogP contribution is -2.34. The zero-order chi connectivity index (χ0) is 12.7. The molecule has 7 heteroatoms. The Morgan fingerprint density at radius 2 is 1.81 bits per heavy atom. The zero-order valence-electron chi connectivity index (χ0n) is 9.88. The van der Waals surface area contributed by atoms with Crippen LogP contribution in [0.3, 0.4) is 0 Å². The molecule has 0 fully saturated rings. The fourth-order valence-corrected chi connectivity index (χ4v) is 0.782. The Kier molecular flexibility index (Phi) is 5.61. The summed E-state index contributed by atoms with van der Waals surface area (Å²) in [4.78, 5) is 13.5. The topological polar surface area (TPSA) is 85.5 Å². The van der Waals surface area contributed by atoms with Crippen molar-refractivity contribution in [2.45, 2.75) is 0 Å². The van der Waals surface area contributed by atoms with Gasteiger partial charge in [0.2, 0.25) is 0 Å². The third-order valence-electron chi connectivity index (χ3n) is 1.55. The average molecular weight is 227 g/mol. The Morgan fingerprint density at radius 3 is 1.94 bits per heavy atom. The molecule has 0 aliphatic rings. The number of aromatic nitrogens is 2. The summed E-state index contributed by atoms with van der Waals surface area (Å²) >= 11 is 0. The minimum absolute atomic E-state index is 0.519. The molecule has 0 saturated heterocycles. The first kappa shape index (κ1) is 13.9. The molecular formula is C9H17N5O2. The maximum absolute atomic E-state index is 9.96. The molecule has 0 radical (unpaired) electrons. The summed E-state index contributed by atoms with van der Waals surface area (Å²) in [5.41, 5.74) is 0. The van der Waals surface area contributed by atoms with Crippen molar-refractivity contribution in [3.63, 3.8) is 0 Å². The second-order valence-corrected chi connectivity index (χ2v) is 3.35. The number of nitrogens with zero attached hydrogens (tertiary/aromatic N) is 4. The molecule has 1 aromatic heterocycles. The Morgan fingerprint density at radius 1 is 1.31 bits per heavy atom. The summed E-state index contributed by atoms with van der Waals surface area (Å²) < 4.78 is 0.833. The number of nitrogens with one attached hydrogen (secondary N) is 1. The number of carboxylic acid groups (broad SMARTS) is 1. The fraction of sp³-hybridized carbons (Fsp3) is 0.444. The van der Waals surface area contributed by atoms with Crippen LogP contribution in [-0.4, -0.2) is 64.9 Å². The van der Waals surface area contributed by atoms with Gasteiger partial charge in [0.25, 0.3) is 0 Å². The van der Waals surface area contributed by atoms with Gasteiger partial charge in [-0.3, -0.25) is 5.41 Å². The van der Waals surface area contributed by atoms with Crippen LogP contribution in [0.2, 0.25) is 0 Å². The normalized spacial score (nSPS) is 8.75. The smallest absolute Gasteiger partial charge is 0.432 e. The summed E-state index contributed by atoms with van der Waals surface area (Å²) in [6.07, 6.45) is 1.71. The maximum Gasteiger partial charge on any atom is 0.432 e. The lowest BCUT2D eigenvalue weighted by molar-refractivity contribution is 0.192. The van der Waals surface area contributed by atoms with E-state index < -0.39 is 6.09 Å². The molecule has 1 heterocycles. The first-order valence-electron chi connectivity index (χ1n) is 4.52. The van der Waals surface area contributed by atoms with Gasteiger partial charge in [-0.25, -0.2) is 4.79 Å². The number of hydrogen-bond acceptors (Lipinski definition) is 3. The van der Waals surface area contributed by atoms with Crippen molar-refractivity contribution in [1.82, 2.24) is 19.6 Å². The van der Waals surface area contributed by atoms with Crippen molar-refractivity contribution in [2.24, 2.45) is 0 Å². The lowest BCUT2D eigenvalue weighted by atomic mass is 10.7. The van der Waals surface area contributed by atoms with E-state index in [-0.39, 0.29) is 0 Å². The highest BCUT2D eigenvalue weighted by Crippen LogP contribution is 1.81. The van der Waals surface area contributed by atoms with E-state index in [1.54, 1.807) is 15.9 Å². The quantitative estimate of drug-likeness (QED) is 0.496. The van der Waals surface area contributed by atoms with Gasteiger partial charge < -0.3 is 14.9 Å². The molecule has 0 spiro atoms. The molecule has 0 saturated carbocycles. The minimum atomic E-state index is -1.06. The molecule has 90 valence electrons. The van der Waals surface area contributed by atoms with Crippen molar-refractivity contribution in [1.29, 1.82) is 5.41 Å². The van der Waals surface area contributed by atoms with Gasteiger partial charge in [-0.05, 0) is 6.07 Å². The molecule has 0 aliphatic heterocycles. The second kappa shape index (κ2) is 6.44. The van der Waals surface area contributed by atoms with Crippen molar-refractivity contribution < 1.29 is 9.90 Å². The molecule has 0 aliphatic carbocycles. The highest BCUT2D eigenvalue weighted by atomic mass is 16.4. The van der Waals surface area contributed by atoms with E-state index in [2.05, 4.69) is 5.10 Å². The van der Waals surface area contributed by atoms with Crippen LogP contribution in [0.15, 0.2) is 18.5 Å². The van der Waals surface area contributed by atoms with E-state index in [1.807, 2.05) is 28.2 Å². The average Bonchev–Trinajstić information content (AvgIpc) is 2.70. The summed E-state index contributed by atoms with van der Waals surface area (Å²) in [6, 6.07) is 1.55. The SMILES string of the molecule is CN(C)C(=N)N(C)C.O=C(O)n1cccn1. The molecule has 1 rings (SSSR count). The molecule has 1 aromatic rings. The van der Waals surface area contributed by atoms with E-state index in [9.17, 15) is 4.79 Å².